The number of nitro benzene ring substituents is 1. The molecule has 1 rings (SSSR count). The fourth-order valence-electron chi connectivity index (χ4n) is 1.13. The summed E-state index contributed by atoms with van der Waals surface area (Å²) in [6.07, 6.45) is 0.354. The standard InChI is InChI=1S/C10H10ClNO5/c11-8-6-7(12(15)16)3-4-9(8)17-5-1-2-10(13)14/h3-4,6H,1-2,5H2,(H,13,14). The van der Waals surface area contributed by atoms with Crippen LogP contribution in [0.5, 0.6) is 5.75 Å². The summed E-state index contributed by atoms with van der Waals surface area (Å²) < 4.78 is 5.20. The highest BCUT2D eigenvalue weighted by molar-refractivity contribution is 6.32. The normalized spacial score (nSPS) is 9.94. The molecule has 0 aliphatic heterocycles. The molecule has 0 amide bonds. The van der Waals surface area contributed by atoms with E-state index >= 15 is 0 Å². The number of carbonyl (C=O) groups is 1. The molecule has 1 aromatic carbocycles. The highest BCUT2D eigenvalue weighted by Gasteiger charge is 2.10. The van der Waals surface area contributed by atoms with Gasteiger partial charge in [-0.2, -0.15) is 0 Å². The number of aliphatic carboxylic acids is 1. The lowest BCUT2D eigenvalue weighted by Gasteiger charge is -2.06. The Labute approximate surface area is 102 Å². The molecule has 0 saturated carbocycles. The quantitative estimate of drug-likeness (QED) is 0.481. The molecule has 0 saturated heterocycles. The zero-order valence-electron chi connectivity index (χ0n) is 8.76. The van der Waals surface area contributed by atoms with E-state index in [0.717, 1.165) is 0 Å². The molecule has 0 spiro atoms. The molecular formula is C10H10ClNO5. The summed E-state index contributed by atoms with van der Waals surface area (Å²) in [5.74, 6) is -0.592. The molecule has 1 aromatic rings. The number of hydrogen-bond donors (Lipinski definition) is 1. The third-order valence-corrected chi connectivity index (χ3v) is 2.21. The van der Waals surface area contributed by atoms with Crippen molar-refractivity contribution in [3.05, 3.63) is 33.3 Å². The van der Waals surface area contributed by atoms with Gasteiger partial charge in [0.1, 0.15) is 5.75 Å². The van der Waals surface area contributed by atoms with Crippen molar-refractivity contribution in [1.29, 1.82) is 0 Å². The van der Waals surface area contributed by atoms with Crippen LogP contribution < -0.4 is 4.74 Å². The SMILES string of the molecule is O=C(O)CCCOc1ccc([N+](=O)[O-])cc1Cl. The second-order valence-corrected chi connectivity index (χ2v) is 3.62. The van der Waals surface area contributed by atoms with Crippen molar-refractivity contribution in [1.82, 2.24) is 0 Å². The summed E-state index contributed by atoms with van der Waals surface area (Å²) in [5.41, 5.74) is -0.118. The summed E-state index contributed by atoms with van der Waals surface area (Å²) in [5, 5.41) is 19.0. The van der Waals surface area contributed by atoms with E-state index < -0.39 is 10.9 Å². The molecule has 6 nitrogen and oxygen atoms in total. The summed E-state index contributed by atoms with van der Waals surface area (Å²) in [6, 6.07) is 3.85. The van der Waals surface area contributed by atoms with Gasteiger partial charge in [-0.15, -0.1) is 0 Å². The second-order valence-electron chi connectivity index (χ2n) is 3.22. The van der Waals surface area contributed by atoms with Crippen molar-refractivity contribution in [2.75, 3.05) is 6.61 Å². The smallest absolute Gasteiger partial charge is 0.303 e. The topological polar surface area (TPSA) is 89.7 Å². The minimum atomic E-state index is -0.900. The maximum Gasteiger partial charge on any atom is 0.303 e. The highest BCUT2D eigenvalue weighted by atomic mass is 35.5. The van der Waals surface area contributed by atoms with Crippen LogP contribution in [0.25, 0.3) is 0 Å². The molecule has 0 aliphatic carbocycles. The molecular weight excluding hydrogens is 250 g/mol. The maximum absolute atomic E-state index is 10.4. The number of hydrogen-bond acceptors (Lipinski definition) is 4. The van der Waals surface area contributed by atoms with Gasteiger partial charge in [-0.3, -0.25) is 14.9 Å². The minimum Gasteiger partial charge on any atom is -0.492 e. The number of ether oxygens (including phenoxy) is 1. The van der Waals surface area contributed by atoms with E-state index in [0.29, 0.717) is 12.2 Å². The van der Waals surface area contributed by atoms with E-state index in [2.05, 4.69) is 0 Å². The van der Waals surface area contributed by atoms with Gasteiger partial charge in [0.15, 0.2) is 0 Å². The van der Waals surface area contributed by atoms with Crippen LogP contribution in [-0.2, 0) is 4.79 Å². The Balaban J connectivity index is 2.54. The van der Waals surface area contributed by atoms with Crippen LogP contribution in [-0.4, -0.2) is 22.6 Å². The van der Waals surface area contributed by atoms with Gasteiger partial charge >= 0.3 is 5.97 Å². The first-order valence-electron chi connectivity index (χ1n) is 4.79. The van der Waals surface area contributed by atoms with Crippen LogP contribution >= 0.6 is 11.6 Å². The Hall–Kier alpha value is -1.82. The predicted molar refractivity (Wildman–Crippen MR) is 60.5 cm³/mol. The molecule has 17 heavy (non-hydrogen) atoms. The molecule has 92 valence electrons. The molecule has 0 heterocycles. The molecule has 0 bridgehead atoms. The average Bonchev–Trinajstić information content (AvgIpc) is 2.25. The van der Waals surface area contributed by atoms with Crippen LogP contribution in [0.4, 0.5) is 5.69 Å². The second kappa shape index (κ2) is 6.05. The van der Waals surface area contributed by atoms with Gasteiger partial charge in [0.25, 0.3) is 5.69 Å². The maximum atomic E-state index is 10.4. The predicted octanol–water partition coefficient (Wildman–Crippen LogP) is 2.49. The van der Waals surface area contributed by atoms with Gasteiger partial charge in [0, 0.05) is 18.6 Å². The number of nitrogens with zero attached hydrogens (tertiary/aromatic N) is 1. The Morgan fingerprint density at radius 2 is 2.24 bits per heavy atom. The van der Waals surface area contributed by atoms with Gasteiger partial charge in [-0.1, -0.05) is 11.6 Å². The van der Waals surface area contributed by atoms with Crippen molar-refractivity contribution in [3.63, 3.8) is 0 Å². The Kier molecular flexibility index (Phi) is 4.71. The largest absolute Gasteiger partial charge is 0.492 e. The molecule has 0 aromatic heterocycles. The lowest BCUT2D eigenvalue weighted by atomic mass is 10.3. The summed E-state index contributed by atoms with van der Waals surface area (Å²) in [6.45, 7) is 0.198. The van der Waals surface area contributed by atoms with Gasteiger partial charge in [0.2, 0.25) is 0 Å². The molecule has 1 N–H and O–H groups in total. The number of non-ortho nitro benzene ring substituents is 1. The van der Waals surface area contributed by atoms with E-state index in [1.165, 1.54) is 18.2 Å². The zero-order valence-corrected chi connectivity index (χ0v) is 9.51. The third-order valence-electron chi connectivity index (χ3n) is 1.92. The average molecular weight is 260 g/mol. The number of halogens is 1. The lowest BCUT2D eigenvalue weighted by Crippen LogP contribution is -2.02. The molecule has 0 fully saturated rings. The number of benzene rings is 1. The van der Waals surface area contributed by atoms with Crippen LogP contribution in [0, 0.1) is 10.1 Å². The number of nitro groups is 1. The van der Waals surface area contributed by atoms with Crippen molar-refractivity contribution in [2.24, 2.45) is 0 Å². The molecule has 0 radical (unpaired) electrons. The Morgan fingerprint density at radius 1 is 1.53 bits per heavy atom. The minimum absolute atomic E-state index is 0.00456. The fraction of sp³-hybridized carbons (Fsp3) is 0.300. The van der Waals surface area contributed by atoms with Gasteiger partial charge in [0.05, 0.1) is 16.6 Å². The number of carboxylic acids is 1. The highest BCUT2D eigenvalue weighted by Crippen LogP contribution is 2.28. The van der Waals surface area contributed by atoms with E-state index in [4.69, 9.17) is 21.4 Å². The van der Waals surface area contributed by atoms with E-state index in [1.54, 1.807) is 0 Å². The monoisotopic (exact) mass is 259 g/mol. The van der Waals surface area contributed by atoms with Crippen LogP contribution in [0.2, 0.25) is 5.02 Å². The van der Waals surface area contributed by atoms with E-state index in [9.17, 15) is 14.9 Å². The van der Waals surface area contributed by atoms with E-state index in [-0.39, 0.29) is 23.7 Å². The molecule has 0 unspecified atom stereocenters. The van der Waals surface area contributed by atoms with Crippen molar-refractivity contribution in [3.8, 4) is 5.75 Å². The van der Waals surface area contributed by atoms with Crippen molar-refractivity contribution < 1.29 is 19.6 Å². The van der Waals surface area contributed by atoms with Crippen LogP contribution in [0.1, 0.15) is 12.8 Å². The van der Waals surface area contributed by atoms with Crippen molar-refractivity contribution in [2.45, 2.75) is 12.8 Å². The first-order valence-corrected chi connectivity index (χ1v) is 5.17. The number of rotatable bonds is 6. The van der Waals surface area contributed by atoms with E-state index in [1.807, 2.05) is 0 Å². The summed E-state index contributed by atoms with van der Waals surface area (Å²) in [7, 11) is 0. The zero-order chi connectivity index (χ0) is 12.8. The van der Waals surface area contributed by atoms with Gasteiger partial charge in [-0.25, -0.2) is 0 Å². The fourth-order valence-corrected chi connectivity index (χ4v) is 1.36. The Morgan fingerprint density at radius 3 is 2.76 bits per heavy atom. The molecule has 0 atom stereocenters. The van der Waals surface area contributed by atoms with Crippen LogP contribution in [0.15, 0.2) is 18.2 Å². The summed E-state index contributed by atoms with van der Waals surface area (Å²) >= 11 is 5.77. The van der Waals surface area contributed by atoms with Crippen LogP contribution in [0.3, 0.4) is 0 Å². The number of carboxylic acid groups (broad SMARTS) is 1. The first kappa shape index (κ1) is 13.2. The molecule has 7 heteroatoms. The lowest BCUT2D eigenvalue weighted by molar-refractivity contribution is -0.384. The first-order chi connectivity index (χ1) is 8.00. The van der Waals surface area contributed by atoms with Gasteiger partial charge in [-0.05, 0) is 12.5 Å². The summed E-state index contributed by atoms with van der Waals surface area (Å²) in [4.78, 5) is 20.1. The third kappa shape index (κ3) is 4.28. The van der Waals surface area contributed by atoms with Crippen molar-refractivity contribution >= 4 is 23.3 Å². The van der Waals surface area contributed by atoms with Gasteiger partial charge < -0.3 is 9.84 Å². The molecule has 0 aliphatic rings. The Bertz CT molecular complexity index is 435.